The van der Waals surface area contributed by atoms with Crippen molar-refractivity contribution in [3.8, 4) is 0 Å². The van der Waals surface area contributed by atoms with Crippen molar-refractivity contribution in [2.24, 2.45) is 0 Å². The second-order valence-corrected chi connectivity index (χ2v) is 5.70. The van der Waals surface area contributed by atoms with Crippen molar-refractivity contribution in [3.05, 3.63) is 45.1 Å². The van der Waals surface area contributed by atoms with E-state index in [4.69, 9.17) is 16.7 Å². The van der Waals surface area contributed by atoms with Crippen molar-refractivity contribution >= 4 is 46.2 Å². The van der Waals surface area contributed by atoms with E-state index in [1.54, 1.807) is 6.07 Å². The monoisotopic (exact) mass is 324 g/mol. The minimum absolute atomic E-state index is 0.0509. The van der Waals surface area contributed by atoms with Gasteiger partial charge in [0.2, 0.25) is 5.91 Å². The van der Waals surface area contributed by atoms with Crippen LogP contribution in [0.25, 0.3) is 0 Å². The highest BCUT2D eigenvalue weighted by atomic mass is 35.5. The highest BCUT2D eigenvalue weighted by molar-refractivity contribution is 7.10. The highest BCUT2D eigenvalue weighted by Gasteiger charge is 2.10. The molecule has 2 rings (SSSR count). The van der Waals surface area contributed by atoms with Crippen LogP contribution in [0.4, 0.5) is 11.4 Å². The Balaban J connectivity index is 2.10. The lowest BCUT2D eigenvalue weighted by Crippen LogP contribution is -2.08. The van der Waals surface area contributed by atoms with Gasteiger partial charge in [-0.15, -0.1) is 11.3 Å². The molecule has 3 N–H and O–H groups in total. The van der Waals surface area contributed by atoms with Crippen molar-refractivity contribution in [1.29, 1.82) is 0 Å². The lowest BCUT2D eigenvalue weighted by atomic mass is 10.2. The molecule has 0 atom stereocenters. The maximum Gasteiger partial charge on any atom is 0.337 e. The van der Waals surface area contributed by atoms with E-state index < -0.39 is 5.97 Å². The van der Waals surface area contributed by atoms with Gasteiger partial charge in [0.05, 0.1) is 22.8 Å². The normalized spacial score (nSPS) is 10.2. The SMILES string of the molecule is CC(=O)Nc1ccsc1CNc1ccc(Cl)c(C(=O)O)c1. The first-order valence-electron chi connectivity index (χ1n) is 6.08. The van der Waals surface area contributed by atoms with Gasteiger partial charge in [0.25, 0.3) is 0 Å². The zero-order valence-corrected chi connectivity index (χ0v) is 12.7. The first-order valence-corrected chi connectivity index (χ1v) is 7.34. The number of aromatic carboxylic acids is 1. The fraction of sp³-hybridized carbons (Fsp3) is 0.143. The molecule has 0 unspecified atom stereocenters. The summed E-state index contributed by atoms with van der Waals surface area (Å²) in [7, 11) is 0. The molecule has 110 valence electrons. The van der Waals surface area contributed by atoms with E-state index in [9.17, 15) is 9.59 Å². The third-order valence-electron chi connectivity index (χ3n) is 2.71. The molecule has 0 bridgehead atoms. The molecule has 0 saturated heterocycles. The molecule has 1 aromatic heterocycles. The summed E-state index contributed by atoms with van der Waals surface area (Å²) in [6.07, 6.45) is 0. The van der Waals surface area contributed by atoms with Gasteiger partial charge in [0, 0.05) is 17.5 Å². The summed E-state index contributed by atoms with van der Waals surface area (Å²) in [6.45, 7) is 1.93. The Morgan fingerprint density at radius 1 is 1.33 bits per heavy atom. The smallest absolute Gasteiger partial charge is 0.337 e. The van der Waals surface area contributed by atoms with Crippen LogP contribution in [0.2, 0.25) is 5.02 Å². The summed E-state index contributed by atoms with van der Waals surface area (Å²) in [6, 6.07) is 6.56. The minimum Gasteiger partial charge on any atom is -0.478 e. The Morgan fingerprint density at radius 3 is 2.76 bits per heavy atom. The summed E-state index contributed by atoms with van der Waals surface area (Å²) < 4.78 is 0. The Morgan fingerprint density at radius 2 is 2.10 bits per heavy atom. The molecule has 0 aliphatic carbocycles. The van der Waals surface area contributed by atoms with E-state index >= 15 is 0 Å². The van der Waals surface area contributed by atoms with Crippen LogP contribution in [-0.4, -0.2) is 17.0 Å². The number of halogens is 1. The van der Waals surface area contributed by atoms with Gasteiger partial charge >= 0.3 is 5.97 Å². The molecular formula is C14H13ClN2O3S. The van der Waals surface area contributed by atoms with Crippen LogP contribution < -0.4 is 10.6 Å². The van der Waals surface area contributed by atoms with Gasteiger partial charge in [-0.3, -0.25) is 4.79 Å². The van der Waals surface area contributed by atoms with E-state index in [2.05, 4.69) is 10.6 Å². The third kappa shape index (κ3) is 3.96. The molecule has 21 heavy (non-hydrogen) atoms. The maximum atomic E-state index is 11.1. The van der Waals surface area contributed by atoms with Crippen LogP contribution in [0.3, 0.4) is 0 Å². The van der Waals surface area contributed by atoms with Gasteiger partial charge in [-0.05, 0) is 29.6 Å². The first kappa shape index (κ1) is 15.3. The Bertz CT molecular complexity index is 685. The number of rotatable bonds is 5. The predicted molar refractivity (Wildman–Crippen MR) is 84.4 cm³/mol. The summed E-state index contributed by atoms with van der Waals surface area (Å²) in [5.74, 6) is -1.20. The summed E-state index contributed by atoms with van der Waals surface area (Å²) in [5.41, 5.74) is 1.46. The van der Waals surface area contributed by atoms with Crippen LogP contribution in [0.1, 0.15) is 22.2 Å². The summed E-state index contributed by atoms with van der Waals surface area (Å²) >= 11 is 7.32. The van der Waals surface area contributed by atoms with E-state index in [1.165, 1.54) is 30.4 Å². The summed E-state index contributed by atoms with van der Waals surface area (Å²) in [4.78, 5) is 23.1. The molecule has 0 radical (unpaired) electrons. The van der Waals surface area contributed by atoms with Gasteiger partial charge in [0.15, 0.2) is 0 Å². The quantitative estimate of drug-likeness (QED) is 0.784. The number of carboxylic acids is 1. The van der Waals surface area contributed by atoms with Crippen LogP contribution in [0.5, 0.6) is 0 Å². The van der Waals surface area contributed by atoms with Crippen molar-refractivity contribution in [2.75, 3.05) is 10.6 Å². The van der Waals surface area contributed by atoms with Crippen LogP contribution in [0.15, 0.2) is 29.6 Å². The minimum atomic E-state index is -1.07. The van der Waals surface area contributed by atoms with Crippen molar-refractivity contribution in [2.45, 2.75) is 13.5 Å². The average Bonchev–Trinajstić information content (AvgIpc) is 2.84. The lowest BCUT2D eigenvalue weighted by molar-refractivity contribution is -0.114. The number of hydrogen-bond acceptors (Lipinski definition) is 4. The number of carbonyl (C=O) groups excluding carboxylic acids is 1. The molecule has 0 aliphatic heterocycles. The second-order valence-electron chi connectivity index (χ2n) is 4.29. The summed E-state index contributed by atoms with van der Waals surface area (Å²) in [5, 5.41) is 17.0. The first-order chi connectivity index (χ1) is 9.97. The fourth-order valence-corrected chi connectivity index (χ4v) is 2.73. The standard InChI is InChI=1S/C14H13ClN2O3S/c1-8(18)17-12-4-5-21-13(12)7-16-9-2-3-11(15)10(6-9)14(19)20/h2-6,16H,7H2,1H3,(H,17,18)(H,19,20). The molecule has 5 nitrogen and oxygen atoms in total. The van der Waals surface area contributed by atoms with Crippen LogP contribution in [-0.2, 0) is 11.3 Å². The van der Waals surface area contributed by atoms with E-state index in [-0.39, 0.29) is 16.5 Å². The molecule has 7 heteroatoms. The molecule has 1 aromatic carbocycles. The molecule has 0 spiro atoms. The zero-order chi connectivity index (χ0) is 15.4. The number of anilines is 2. The topological polar surface area (TPSA) is 78.4 Å². The van der Waals surface area contributed by atoms with Crippen LogP contribution >= 0.6 is 22.9 Å². The van der Waals surface area contributed by atoms with E-state index in [1.807, 2.05) is 11.4 Å². The molecule has 1 heterocycles. The number of carbonyl (C=O) groups is 2. The molecule has 1 amide bonds. The zero-order valence-electron chi connectivity index (χ0n) is 11.1. The number of amides is 1. The predicted octanol–water partition coefficient (Wildman–Crippen LogP) is 3.67. The van der Waals surface area contributed by atoms with E-state index in [0.717, 1.165) is 10.6 Å². The van der Waals surface area contributed by atoms with Crippen LogP contribution in [0, 0.1) is 0 Å². The van der Waals surface area contributed by atoms with Gasteiger partial charge in [0.1, 0.15) is 0 Å². The number of benzene rings is 1. The Hall–Kier alpha value is -2.05. The molecule has 0 fully saturated rings. The second kappa shape index (κ2) is 6.60. The van der Waals surface area contributed by atoms with Gasteiger partial charge in [-0.1, -0.05) is 11.6 Å². The van der Waals surface area contributed by atoms with E-state index in [0.29, 0.717) is 12.2 Å². The Labute approximate surface area is 130 Å². The fourth-order valence-electron chi connectivity index (χ4n) is 1.76. The van der Waals surface area contributed by atoms with Gasteiger partial charge in [-0.2, -0.15) is 0 Å². The highest BCUT2D eigenvalue weighted by Crippen LogP contribution is 2.25. The van der Waals surface area contributed by atoms with Crippen molar-refractivity contribution < 1.29 is 14.7 Å². The molecule has 0 saturated carbocycles. The third-order valence-corrected chi connectivity index (χ3v) is 3.96. The maximum absolute atomic E-state index is 11.1. The largest absolute Gasteiger partial charge is 0.478 e. The number of nitrogens with one attached hydrogen (secondary N) is 2. The average molecular weight is 325 g/mol. The number of carboxylic acid groups (broad SMARTS) is 1. The molecular weight excluding hydrogens is 312 g/mol. The molecule has 2 aromatic rings. The van der Waals surface area contributed by atoms with Gasteiger partial charge in [-0.25, -0.2) is 4.79 Å². The van der Waals surface area contributed by atoms with Crippen molar-refractivity contribution in [1.82, 2.24) is 0 Å². The number of thiophene rings is 1. The molecule has 0 aliphatic rings. The Kier molecular flexibility index (Phi) is 4.82. The van der Waals surface area contributed by atoms with Gasteiger partial charge < -0.3 is 15.7 Å². The van der Waals surface area contributed by atoms with Crippen molar-refractivity contribution in [3.63, 3.8) is 0 Å². The number of hydrogen-bond donors (Lipinski definition) is 3. The lowest BCUT2D eigenvalue weighted by Gasteiger charge is -2.09.